The number of hydrogen-bond acceptors (Lipinski definition) is 4. The molecule has 0 saturated carbocycles. The van der Waals surface area contributed by atoms with Gasteiger partial charge in [0.1, 0.15) is 6.04 Å². The summed E-state index contributed by atoms with van der Waals surface area (Å²) in [7, 11) is 0. The molecule has 2 heterocycles. The van der Waals surface area contributed by atoms with E-state index < -0.39 is 12.0 Å². The van der Waals surface area contributed by atoms with Gasteiger partial charge in [-0.3, -0.25) is 14.8 Å². The molecule has 2 unspecified atom stereocenters. The van der Waals surface area contributed by atoms with Crippen molar-refractivity contribution >= 4 is 36.1 Å². The van der Waals surface area contributed by atoms with Crippen LogP contribution in [-0.4, -0.2) is 38.4 Å². The molecule has 3 aromatic rings. The number of H-pyrrole nitrogens is 2. The summed E-state index contributed by atoms with van der Waals surface area (Å²) in [6, 6.07) is 17.2. The van der Waals surface area contributed by atoms with Crippen LogP contribution in [0.4, 0.5) is 5.69 Å². The van der Waals surface area contributed by atoms with Crippen molar-refractivity contribution in [2.45, 2.75) is 18.4 Å². The first-order chi connectivity index (χ1) is 13.0. The van der Waals surface area contributed by atoms with Crippen LogP contribution in [0.2, 0.25) is 0 Å². The molecule has 1 aliphatic rings. The van der Waals surface area contributed by atoms with Gasteiger partial charge in [-0.05, 0) is 60.7 Å². The fraction of sp³-hybridized carbons (Fsp3) is 0.211. The van der Waals surface area contributed by atoms with E-state index in [2.05, 4.69) is 10.2 Å². The van der Waals surface area contributed by atoms with Crippen LogP contribution in [0.3, 0.4) is 0 Å². The first-order valence-corrected chi connectivity index (χ1v) is 9.41. The van der Waals surface area contributed by atoms with Crippen LogP contribution in [0.15, 0.2) is 54.6 Å². The van der Waals surface area contributed by atoms with E-state index in [0.717, 1.165) is 16.9 Å². The number of hydrogen-bond donors (Lipinski definition) is 3. The van der Waals surface area contributed by atoms with Crippen molar-refractivity contribution in [1.82, 2.24) is 14.8 Å². The first kappa shape index (κ1) is 17.7. The van der Waals surface area contributed by atoms with E-state index in [0.29, 0.717) is 22.5 Å². The molecule has 0 radical (unpaired) electrons. The number of aromatic amines is 2. The number of nitrogens with one attached hydrogen (secondary N) is 2. The third kappa shape index (κ3) is 3.33. The summed E-state index contributed by atoms with van der Waals surface area (Å²) in [4.78, 5) is 13.7. The van der Waals surface area contributed by atoms with Gasteiger partial charge in [0.15, 0.2) is 9.54 Å². The van der Waals surface area contributed by atoms with Gasteiger partial charge in [-0.25, -0.2) is 4.79 Å². The predicted octanol–water partition coefficient (Wildman–Crippen LogP) is 4.04. The molecule has 6 nitrogen and oxygen atoms in total. The summed E-state index contributed by atoms with van der Waals surface area (Å²) in [5, 5.41) is 15.3. The van der Waals surface area contributed by atoms with Gasteiger partial charge in [-0.1, -0.05) is 30.3 Å². The number of carboxylic acids is 1. The Balaban J connectivity index is 1.61. The molecule has 8 heteroatoms. The topological polar surface area (TPSA) is 77.0 Å². The third-order valence-electron chi connectivity index (χ3n) is 4.98. The van der Waals surface area contributed by atoms with Crippen LogP contribution in [-0.2, 0) is 4.79 Å². The van der Waals surface area contributed by atoms with E-state index in [1.807, 2.05) is 59.5 Å². The first-order valence-electron chi connectivity index (χ1n) is 8.59. The lowest BCUT2D eigenvalue weighted by molar-refractivity contribution is -0.138. The number of carbonyl (C=O) groups is 1. The van der Waals surface area contributed by atoms with Gasteiger partial charge < -0.3 is 10.0 Å². The second-order valence-electron chi connectivity index (χ2n) is 6.56. The van der Waals surface area contributed by atoms with Crippen LogP contribution in [0.5, 0.6) is 0 Å². The van der Waals surface area contributed by atoms with Crippen LogP contribution in [0, 0.1) is 9.54 Å². The van der Waals surface area contributed by atoms with E-state index in [4.69, 9.17) is 24.4 Å². The highest BCUT2D eigenvalue weighted by Gasteiger charge is 2.37. The van der Waals surface area contributed by atoms with Crippen molar-refractivity contribution in [2.75, 3.05) is 11.4 Å². The Morgan fingerprint density at radius 1 is 0.963 bits per heavy atom. The number of para-hydroxylation sites is 1. The Kier molecular flexibility index (Phi) is 4.67. The SMILES string of the molecule is O=C(O)C1CC(c2ccc(-n3c(=S)[nH][nH]c3=S)cc2)CN1c1ccccc1. The standard InChI is InChI=1S/C19H18N4O2S2/c24-17(25)16-10-13(11-22(16)14-4-2-1-3-5-14)12-6-8-15(9-7-12)23-18(26)20-21-19(23)27/h1-9,13,16H,10-11H2,(H,20,26)(H,21,27)(H,24,25). The van der Waals surface area contributed by atoms with Gasteiger partial charge in [0.25, 0.3) is 0 Å². The molecule has 0 bridgehead atoms. The molecule has 1 aromatic heterocycles. The van der Waals surface area contributed by atoms with Gasteiger partial charge in [0, 0.05) is 18.2 Å². The molecule has 4 rings (SSSR count). The number of rotatable bonds is 4. The predicted molar refractivity (Wildman–Crippen MR) is 109 cm³/mol. The lowest BCUT2D eigenvalue weighted by Crippen LogP contribution is -2.35. The van der Waals surface area contributed by atoms with Crippen molar-refractivity contribution in [2.24, 2.45) is 0 Å². The summed E-state index contributed by atoms with van der Waals surface area (Å²) in [6.07, 6.45) is 0.577. The summed E-state index contributed by atoms with van der Waals surface area (Å²) in [5.74, 6) is -0.642. The maximum atomic E-state index is 11.8. The van der Waals surface area contributed by atoms with Crippen molar-refractivity contribution < 1.29 is 9.90 Å². The van der Waals surface area contributed by atoms with Gasteiger partial charge in [-0.2, -0.15) is 0 Å². The smallest absolute Gasteiger partial charge is 0.326 e. The molecule has 2 aromatic carbocycles. The summed E-state index contributed by atoms with van der Waals surface area (Å²) in [5.41, 5.74) is 2.92. The molecule has 0 amide bonds. The normalized spacial score (nSPS) is 19.3. The number of nitrogens with zero attached hydrogens (tertiary/aromatic N) is 2. The fourth-order valence-electron chi connectivity index (χ4n) is 3.66. The molecule has 27 heavy (non-hydrogen) atoms. The minimum Gasteiger partial charge on any atom is -0.480 e. The van der Waals surface area contributed by atoms with Gasteiger partial charge in [-0.15, -0.1) is 0 Å². The number of benzene rings is 2. The maximum absolute atomic E-state index is 11.8. The Morgan fingerprint density at radius 2 is 1.59 bits per heavy atom. The zero-order valence-electron chi connectivity index (χ0n) is 14.3. The summed E-state index contributed by atoms with van der Waals surface area (Å²) < 4.78 is 2.77. The van der Waals surface area contributed by atoms with Crippen LogP contribution in [0.1, 0.15) is 17.9 Å². The fourth-order valence-corrected chi connectivity index (χ4v) is 4.21. The van der Waals surface area contributed by atoms with Crippen molar-refractivity contribution in [3.8, 4) is 5.69 Å². The molecule has 2 atom stereocenters. The Morgan fingerprint density at radius 3 is 2.19 bits per heavy atom. The number of carboxylic acid groups (broad SMARTS) is 1. The number of anilines is 1. The summed E-state index contributed by atoms with van der Waals surface area (Å²) in [6.45, 7) is 0.671. The van der Waals surface area contributed by atoms with E-state index in [9.17, 15) is 9.90 Å². The van der Waals surface area contributed by atoms with Crippen LogP contribution in [0.25, 0.3) is 5.69 Å². The average molecular weight is 399 g/mol. The molecule has 138 valence electrons. The van der Waals surface area contributed by atoms with Gasteiger partial charge in [0.2, 0.25) is 0 Å². The zero-order chi connectivity index (χ0) is 19.0. The second kappa shape index (κ2) is 7.13. The average Bonchev–Trinajstić information content (AvgIpc) is 3.27. The molecule has 0 spiro atoms. The highest BCUT2D eigenvalue weighted by Crippen LogP contribution is 2.35. The molecule has 1 saturated heterocycles. The van der Waals surface area contributed by atoms with E-state index in [1.165, 1.54) is 0 Å². The van der Waals surface area contributed by atoms with Crippen molar-refractivity contribution in [3.05, 3.63) is 69.7 Å². The quantitative estimate of drug-likeness (QED) is 0.578. The highest BCUT2D eigenvalue weighted by molar-refractivity contribution is 7.72. The van der Waals surface area contributed by atoms with Crippen molar-refractivity contribution in [3.63, 3.8) is 0 Å². The lowest BCUT2D eigenvalue weighted by Gasteiger charge is -2.23. The van der Waals surface area contributed by atoms with E-state index >= 15 is 0 Å². The largest absolute Gasteiger partial charge is 0.480 e. The minimum atomic E-state index is -0.789. The molecule has 3 N–H and O–H groups in total. The highest BCUT2D eigenvalue weighted by atomic mass is 32.1. The van der Waals surface area contributed by atoms with Crippen LogP contribution >= 0.6 is 24.4 Å². The van der Waals surface area contributed by atoms with E-state index in [1.54, 1.807) is 4.57 Å². The molecule has 0 aliphatic carbocycles. The van der Waals surface area contributed by atoms with Crippen molar-refractivity contribution in [1.29, 1.82) is 0 Å². The number of aliphatic carboxylic acids is 1. The molecule has 1 fully saturated rings. The molecular formula is C19H18N4O2S2. The molecule has 1 aliphatic heterocycles. The third-order valence-corrected chi connectivity index (χ3v) is 5.55. The monoisotopic (exact) mass is 398 g/mol. The minimum absolute atomic E-state index is 0.147. The molecular weight excluding hydrogens is 380 g/mol. The Hall–Kier alpha value is -2.71. The second-order valence-corrected chi connectivity index (χ2v) is 7.34. The number of aromatic nitrogens is 3. The van der Waals surface area contributed by atoms with Gasteiger partial charge >= 0.3 is 5.97 Å². The Labute approximate surface area is 166 Å². The van der Waals surface area contributed by atoms with Gasteiger partial charge in [0.05, 0.1) is 5.69 Å². The lowest BCUT2D eigenvalue weighted by atomic mass is 9.96. The van der Waals surface area contributed by atoms with Crippen LogP contribution < -0.4 is 4.90 Å². The summed E-state index contributed by atoms with van der Waals surface area (Å²) >= 11 is 10.5. The maximum Gasteiger partial charge on any atom is 0.326 e. The zero-order valence-corrected chi connectivity index (χ0v) is 16.0. The Bertz CT molecular complexity index is 1040. The van der Waals surface area contributed by atoms with E-state index in [-0.39, 0.29) is 5.92 Å².